The number of nitrogens with zero attached hydrogens (tertiary/aromatic N) is 5. The van der Waals surface area contributed by atoms with Crippen LogP contribution in [-0.2, 0) is 52.8 Å². The van der Waals surface area contributed by atoms with Crippen LogP contribution in [0.15, 0.2) is 65.8 Å². The number of aliphatic imine (C=N–C) groups is 1. The van der Waals surface area contributed by atoms with Gasteiger partial charge in [-0.2, -0.15) is 0 Å². The van der Waals surface area contributed by atoms with Crippen molar-refractivity contribution in [3.63, 3.8) is 0 Å². The Morgan fingerprint density at radius 1 is 1.15 bits per heavy atom. The van der Waals surface area contributed by atoms with Gasteiger partial charge in [0.1, 0.15) is 12.1 Å². The molecule has 354 valence electrons. The van der Waals surface area contributed by atoms with E-state index < -0.39 is 29.0 Å². The highest BCUT2D eigenvalue weighted by Gasteiger charge is 2.36. The molecule has 3 aliphatic rings. The first-order valence-electron chi connectivity index (χ1n) is 23.2. The van der Waals surface area contributed by atoms with E-state index >= 15 is 0 Å². The van der Waals surface area contributed by atoms with Crippen LogP contribution in [0, 0.1) is 17.3 Å². The SMILES string of the molecule is C=C/C(=C(\N=C/C)[C@H](C)OC)c1c2c3cc(ccc3n1CC)-c1cccc(c1)C[C@H](NC(=O)CCOC1CN(C(=O)C#CC(C)(C)N(C)C)C1)C(=O)N1CCC[C@H](N1)C(=O)OCC(C)(C)C2. The van der Waals surface area contributed by atoms with Crippen molar-refractivity contribution in [1.29, 1.82) is 0 Å². The number of hydrogen-bond acceptors (Lipinski definition) is 10. The lowest BCUT2D eigenvalue weighted by Crippen LogP contribution is -2.60. The van der Waals surface area contributed by atoms with Gasteiger partial charge in [0.2, 0.25) is 5.91 Å². The van der Waals surface area contributed by atoms with Crippen molar-refractivity contribution in [2.45, 2.75) is 117 Å². The van der Waals surface area contributed by atoms with Gasteiger partial charge in [0, 0.05) is 74.2 Å². The van der Waals surface area contributed by atoms with E-state index in [1.807, 2.05) is 64.9 Å². The Bertz CT molecular complexity index is 2430. The molecule has 6 bridgehead atoms. The zero-order valence-corrected chi connectivity index (χ0v) is 40.6. The van der Waals surface area contributed by atoms with Crippen LogP contribution in [0.25, 0.3) is 27.6 Å². The van der Waals surface area contributed by atoms with Crippen LogP contribution < -0.4 is 10.7 Å². The third kappa shape index (κ3) is 11.5. The van der Waals surface area contributed by atoms with Gasteiger partial charge in [0.15, 0.2) is 0 Å². The van der Waals surface area contributed by atoms with Crippen LogP contribution >= 0.6 is 0 Å². The summed E-state index contributed by atoms with van der Waals surface area (Å²) >= 11 is 0. The van der Waals surface area contributed by atoms with Crippen molar-refractivity contribution in [3.05, 3.63) is 77.6 Å². The summed E-state index contributed by atoms with van der Waals surface area (Å²) < 4.78 is 20.2. The molecule has 0 aliphatic carbocycles. The molecule has 0 saturated carbocycles. The molecular weight excluding hydrogens is 835 g/mol. The number of ether oxygens (including phenoxy) is 3. The summed E-state index contributed by atoms with van der Waals surface area (Å²) in [7, 11) is 5.51. The molecule has 3 aliphatic heterocycles. The number of amides is 3. The second-order valence-electron chi connectivity index (χ2n) is 19.0. The van der Waals surface area contributed by atoms with Crippen molar-refractivity contribution in [3.8, 4) is 23.0 Å². The van der Waals surface area contributed by atoms with Gasteiger partial charge in [-0.25, -0.2) is 5.43 Å². The molecule has 14 heteroatoms. The van der Waals surface area contributed by atoms with Crippen molar-refractivity contribution in [1.82, 2.24) is 30.1 Å². The normalized spacial score (nSPS) is 20.2. The zero-order chi connectivity index (χ0) is 47.9. The molecule has 1 aromatic heterocycles. The van der Waals surface area contributed by atoms with Crippen molar-refractivity contribution in [2.75, 3.05) is 54.1 Å². The number of fused-ring (bicyclic) bond motifs is 6. The van der Waals surface area contributed by atoms with Gasteiger partial charge in [-0.1, -0.05) is 62.8 Å². The molecule has 6 rings (SSSR count). The summed E-state index contributed by atoms with van der Waals surface area (Å²) in [5, 5.41) is 5.51. The molecule has 0 radical (unpaired) electrons. The quantitative estimate of drug-likeness (QED) is 0.0974. The molecule has 3 aromatic rings. The van der Waals surface area contributed by atoms with Gasteiger partial charge in [0.25, 0.3) is 11.8 Å². The first kappa shape index (κ1) is 49.8. The van der Waals surface area contributed by atoms with E-state index in [1.54, 1.807) is 18.2 Å². The number of hydrogen-bond donors (Lipinski definition) is 2. The standard InChI is InChI=1S/C52H69N7O7/c1-12-39(47(53-13-2)34(4)64-11)48-41-30-51(5,6)33-66-50(63)42-19-16-25-59(55-42)49(62)43(28-35-17-15-18-36(27-35)37-20-21-44(40(41)29-37)58(48)14-3)54-45(60)23-26-65-38-31-57(32-38)46(61)22-24-52(7,8)56(9)10/h12-13,15,17-18,20-21,27,29,34,38,42-43,55H,1,14,16,19,23,25-26,28,30-33H2,2-11H3,(H,54,60)/b47-39+,53-13-/t34-,42-,43-/m0/s1. The number of aryl methyl sites for hydroxylation is 1. The highest BCUT2D eigenvalue weighted by atomic mass is 16.5. The van der Waals surface area contributed by atoms with E-state index in [4.69, 9.17) is 19.2 Å². The molecule has 2 fully saturated rings. The van der Waals surface area contributed by atoms with Gasteiger partial charge in [-0.15, -0.1) is 0 Å². The minimum atomic E-state index is -0.941. The van der Waals surface area contributed by atoms with Gasteiger partial charge in [-0.05, 0) is 108 Å². The second kappa shape index (κ2) is 21.4. The fourth-order valence-electron chi connectivity index (χ4n) is 8.59. The molecule has 2 saturated heterocycles. The Morgan fingerprint density at radius 3 is 2.58 bits per heavy atom. The van der Waals surface area contributed by atoms with Crippen LogP contribution in [0.1, 0.15) is 84.5 Å². The maximum Gasteiger partial charge on any atom is 0.324 e. The Hall–Kier alpha value is -5.59. The van der Waals surface area contributed by atoms with Gasteiger partial charge >= 0.3 is 5.97 Å². The van der Waals surface area contributed by atoms with E-state index in [9.17, 15) is 19.2 Å². The zero-order valence-electron chi connectivity index (χ0n) is 40.6. The molecule has 0 unspecified atom stereocenters. The first-order valence-corrected chi connectivity index (χ1v) is 23.2. The number of methoxy groups -OCH3 is 1. The lowest BCUT2D eigenvalue weighted by atomic mass is 9.84. The Kier molecular flexibility index (Phi) is 16.1. The van der Waals surface area contributed by atoms with E-state index in [1.165, 1.54) is 5.01 Å². The van der Waals surface area contributed by atoms with Crippen molar-refractivity contribution < 1.29 is 33.4 Å². The minimum Gasteiger partial charge on any atom is -0.464 e. The lowest BCUT2D eigenvalue weighted by Gasteiger charge is -2.37. The molecule has 3 amide bonds. The Labute approximate surface area is 390 Å². The van der Waals surface area contributed by atoms with Crippen LogP contribution in [0.3, 0.4) is 0 Å². The third-order valence-corrected chi connectivity index (χ3v) is 13.0. The molecule has 2 N–H and O–H groups in total. The van der Waals surface area contributed by atoms with Crippen LogP contribution in [0.5, 0.6) is 0 Å². The van der Waals surface area contributed by atoms with E-state index in [-0.39, 0.29) is 56.0 Å². The highest BCUT2D eigenvalue weighted by molar-refractivity contribution is 5.96. The number of likely N-dealkylation sites (tertiary alicyclic amines) is 1. The molecule has 0 spiro atoms. The predicted molar refractivity (Wildman–Crippen MR) is 259 cm³/mol. The molecule has 3 atom stereocenters. The van der Waals surface area contributed by atoms with Gasteiger partial charge < -0.3 is 29.0 Å². The van der Waals surface area contributed by atoms with Gasteiger partial charge in [0.05, 0.1) is 42.4 Å². The number of hydrazine groups is 1. The molecule has 14 nitrogen and oxygen atoms in total. The second-order valence-corrected chi connectivity index (χ2v) is 19.0. The summed E-state index contributed by atoms with van der Waals surface area (Å²) in [6.45, 7) is 20.5. The van der Waals surface area contributed by atoms with Crippen LogP contribution in [0.2, 0.25) is 0 Å². The average molecular weight is 904 g/mol. The number of cyclic esters (lactones) is 1. The number of aromatic nitrogens is 1. The average Bonchev–Trinajstić information content (AvgIpc) is 3.58. The summed E-state index contributed by atoms with van der Waals surface area (Å²) in [5.41, 5.74) is 9.78. The summed E-state index contributed by atoms with van der Waals surface area (Å²) in [5.74, 6) is 4.38. The van der Waals surface area contributed by atoms with Crippen molar-refractivity contribution in [2.24, 2.45) is 10.4 Å². The number of carbonyl (C=O) groups is 4. The smallest absolute Gasteiger partial charge is 0.324 e. The topological polar surface area (TPSA) is 147 Å². The fourth-order valence-corrected chi connectivity index (χ4v) is 8.59. The van der Waals surface area contributed by atoms with Crippen LogP contribution in [0.4, 0.5) is 0 Å². The molecular formula is C52H69N7O7. The molecule has 4 heterocycles. The number of benzene rings is 2. The maximum absolute atomic E-state index is 14.4. The number of carbonyl (C=O) groups excluding carboxylic acids is 4. The maximum atomic E-state index is 14.4. The minimum absolute atomic E-state index is 0.0183. The molecule has 2 aromatic carbocycles. The monoisotopic (exact) mass is 904 g/mol. The number of rotatable bonds is 12. The van der Waals surface area contributed by atoms with Crippen LogP contribution in [-0.4, -0.2) is 133 Å². The van der Waals surface area contributed by atoms with E-state index in [0.29, 0.717) is 45.4 Å². The number of nitrogens with one attached hydrogen (secondary N) is 2. The Balaban J connectivity index is 1.30. The summed E-state index contributed by atoms with van der Waals surface area (Å²) in [4.78, 5) is 62.8. The number of esters is 1. The summed E-state index contributed by atoms with van der Waals surface area (Å²) in [6, 6.07) is 12.9. The van der Waals surface area contributed by atoms with Crippen molar-refractivity contribution >= 4 is 46.4 Å². The fraction of sp³-hybridized carbons (Fsp3) is 0.519. The largest absolute Gasteiger partial charge is 0.464 e. The molecule has 66 heavy (non-hydrogen) atoms. The van der Waals surface area contributed by atoms with Gasteiger partial charge in [-0.3, -0.25) is 34.1 Å². The predicted octanol–water partition coefficient (Wildman–Crippen LogP) is 5.96. The Morgan fingerprint density at radius 2 is 1.89 bits per heavy atom. The first-order chi connectivity index (χ1) is 31.4. The highest BCUT2D eigenvalue weighted by Crippen LogP contribution is 2.40. The third-order valence-electron chi connectivity index (χ3n) is 13.0. The van der Waals surface area contributed by atoms with E-state index in [0.717, 1.165) is 50.1 Å². The number of allylic oxidation sites excluding steroid dienone is 2. The van der Waals surface area contributed by atoms with E-state index in [2.05, 4.69) is 84.8 Å². The lowest BCUT2D eigenvalue weighted by molar-refractivity contribution is -0.155. The summed E-state index contributed by atoms with van der Waals surface area (Å²) in [6.07, 6.45) is 4.99.